The van der Waals surface area contributed by atoms with Crippen molar-refractivity contribution in [3.63, 3.8) is 0 Å². The Morgan fingerprint density at radius 1 is 1.00 bits per heavy atom. The molecule has 6 nitrogen and oxygen atoms in total. The number of benzene rings is 3. The van der Waals surface area contributed by atoms with Crippen LogP contribution in [-0.2, 0) is 13.1 Å². The number of halogens is 1. The van der Waals surface area contributed by atoms with Gasteiger partial charge < -0.3 is 9.88 Å². The maximum Gasteiger partial charge on any atom is 0.255 e. The minimum atomic E-state index is -0.325. The molecule has 0 spiro atoms. The number of hydrogen-bond donors (Lipinski definition) is 1. The van der Waals surface area contributed by atoms with E-state index in [1.807, 2.05) is 66.2 Å². The minimum absolute atomic E-state index is 0.225. The Morgan fingerprint density at radius 2 is 1.77 bits per heavy atom. The van der Waals surface area contributed by atoms with E-state index in [0.717, 1.165) is 28.8 Å². The molecule has 2 heterocycles. The Kier molecular flexibility index (Phi) is 6.22. The van der Waals surface area contributed by atoms with Crippen molar-refractivity contribution >= 4 is 5.91 Å². The molecule has 0 unspecified atom stereocenters. The highest BCUT2D eigenvalue weighted by atomic mass is 19.1. The molecule has 35 heavy (non-hydrogen) atoms. The fraction of sp³-hybridized carbons (Fsp3) is 0.107. The highest BCUT2D eigenvalue weighted by Gasteiger charge is 2.19. The normalized spacial score (nSPS) is 10.9. The fourth-order valence-corrected chi connectivity index (χ4v) is 3.90. The van der Waals surface area contributed by atoms with Crippen LogP contribution in [0.25, 0.3) is 16.9 Å². The topological polar surface area (TPSA) is 64.7 Å². The number of rotatable bonds is 7. The molecule has 0 aliphatic heterocycles. The zero-order valence-corrected chi connectivity index (χ0v) is 19.2. The smallest absolute Gasteiger partial charge is 0.255 e. The first-order valence-corrected chi connectivity index (χ1v) is 11.3. The third-order valence-corrected chi connectivity index (χ3v) is 5.74. The Hall–Kier alpha value is -4.52. The fourth-order valence-electron chi connectivity index (χ4n) is 3.90. The van der Waals surface area contributed by atoms with Gasteiger partial charge in [0.1, 0.15) is 11.5 Å². The summed E-state index contributed by atoms with van der Waals surface area (Å²) >= 11 is 0. The quantitative estimate of drug-likeness (QED) is 0.361. The lowest BCUT2D eigenvalue weighted by Gasteiger charge is -2.08. The first-order valence-electron chi connectivity index (χ1n) is 11.3. The molecular formula is C28H24FN5O. The lowest BCUT2D eigenvalue weighted by molar-refractivity contribution is 0.0951. The number of imidazole rings is 1. The van der Waals surface area contributed by atoms with Gasteiger partial charge in [0.25, 0.3) is 5.91 Å². The average molecular weight is 466 g/mol. The second-order valence-electron chi connectivity index (χ2n) is 8.42. The van der Waals surface area contributed by atoms with Gasteiger partial charge in [-0.05, 0) is 48.4 Å². The van der Waals surface area contributed by atoms with Gasteiger partial charge in [-0.15, -0.1) is 0 Å². The second kappa shape index (κ2) is 9.77. The number of carbonyl (C=O) groups is 1. The minimum Gasteiger partial charge on any atom is -0.348 e. The third kappa shape index (κ3) is 5.19. The molecule has 0 aliphatic carbocycles. The molecule has 0 atom stereocenters. The van der Waals surface area contributed by atoms with Crippen molar-refractivity contribution in [3.05, 3.63) is 126 Å². The first-order chi connectivity index (χ1) is 17.0. The Labute approximate surface area is 202 Å². The summed E-state index contributed by atoms with van der Waals surface area (Å²) in [7, 11) is 0. The summed E-state index contributed by atoms with van der Waals surface area (Å²) in [4.78, 5) is 17.3. The number of nitrogens with zero attached hydrogens (tertiary/aromatic N) is 4. The van der Waals surface area contributed by atoms with E-state index in [9.17, 15) is 9.18 Å². The van der Waals surface area contributed by atoms with E-state index in [0.29, 0.717) is 23.5 Å². The standard InChI is InChI=1S/C28H24FN5O/c1-20-3-2-4-23(15-20)27-26(18-34(32-27)25-11-9-24(29)10-12-25)28(35)31-16-21-5-7-22(8-6-21)17-33-14-13-30-19-33/h2-15,18-19H,16-17H2,1H3,(H,31,35). The molecule has 3 aromatic carbocycles. The van der Waals surface area contributed by atoms with Gasteiger partial charge in [-0.1, -0.05) is 48.0 Å². The van der Waals surface area contributed by atoms with E-state index in [-0.39, 0.29) is 11.7 Å². The van der Waals surface area contributed by atoms with Gasteiger partial charge in [0.2, 0.25) is 0 Å². The number of carbonyl (C=O) groups excluding carboxylic acids is 1. The van der Waals surface area contributed by atoms with Gasteiger partial charge in [-0.2, -0.15) is 5.10 Å². The number of aryl methyl sites for hydroxylation is 1. The Balaban J connectivity index is 1.36. The van der Waals surface area contributed by atoms with Crippen LogP contribution in [0.2, 0.25) is 0 Å². The lowest BCUT2D eigenvalue weighted by Crippen LogP contribution is -2.23. The Morgan fingerprint density at radius 3 is 2.49 bits per heavy atom. The number of hydrogen-bond acceptors (Lipinski definition) is 3. The first kappa shape index (κ1) is 22.3. The van der Waals surface area contributed by atoms with Crippen LogP contribution in [0.3, 0.4) is 0 Å². The summed E-state index contributed by atoms with van der Waals surface area (Å²) in [6, 6.07) is 22.0. The number of aromatic nitrogens is 4. The van der Waals surface area contributed by atoms with Crippen LogP contribution < -0.4 is 5.32 Å². The molecule has 5 rings (SSSR count). The highest BCUT2D eigenvalue weighted by Crippen LogP contribution is 2.25. The van der Waals surface area contributed by atoms with Crippen molar-refractivity contribution in [1.29, 1.82) is 0 Å². The van der Waals surface area contributed by atoms with Crippen LogP contribution in [0.15, 0.2) is 97.7 Å². The predicted molar refractivity (Wildman–Crippen MR) is 133 cm³/mol. The lowest BCUT2D eigenvalue weighted by atomic mass is 10.1. The van der Waals surface area contributed by atoms with E-state index in [2.05, 4.69) is 15.4 Å². The largest absolute Gasteiger partial charge is 0.348 e. The van der Waals surface area contributed by atoms with Gasteiger partial charge >= 0.3 is 0 Å². The zero-order valence-electron chi connectivity index (χ0n) is 19.2. The van der Waals surface area contributed by atoms with Gasteiger partial charge in [0.15, 0.2) is 0 Å². The Bertz CT molecular complexity index is 1440. The van der Waals surface area contributed by atoms with Crippen LogP contribution in [0.5, 0.6) is 0 Å². The summed E-state index contributed by atoms with van der Waals surface area (Å²) in [5.74, 6) is -0.550. The van der Waals surface area contributed by atoms with E-state index < -0.39 is 0 Å². The molecule has 174 valence electrons. The maximum absolute atomic E-state index is 13.4. The predicted octanol–water partition coefficient (Wildman–Crippen LogP) is 5.16. The van der Waals surface area contributed by atoms with Crippen molar-refractivity contribution < 1.29 is 9.18 Å². The summed E-state index contributed by atoms with van der Waals surface area (Å²) in [5, 5.41) is 7.68. The molecular weight excluding hydrogens is 441 g/mol. The van der Waals surface area contributed by atoms with Crippen LogP contribution in [0, 0.1) is 12.7 Å². The van der Waals surface area contributed by atoms with Crippen molar-refractivity contribution in [2.45, 2.75) is 20.0 Å². The zero-order chi connectivity index (χ0) is 24.2. The molecule has 0 saturated heterocycles. The number of amides is 1. The molecule has 0 bridgehead atoms. The molecule has 2 aromatic heterocycles. The average Bonchev–Trinajstić information content (AvgIpc) is 3.54. The van der Waals surface area contributed by atoms with Gasteiger partial charge in [0.05, 0.1) is 17.6 Å². The van der Waals surface area contributed by atoms with Crippen molar-refractivity contribution in [2.24, 2.45) is 0 Å². The van der Waals surface area contributed by atoms with Crippen molar-refractivity contribution in [2.75, 3.05) is 0 Å². The van der Waals surface area contributed by atoms with E-state index >= 15 is 0 Å². The van der Waals surface area contributed by atoms with Crippen LogP contribution in [0.4, 0.5) is 4.39 Å². The molecule has 0 aliphatic rings. The van der Waals surface area contributed by atoms with Gasteiger partial charge in [-0.3, -0.25) is 4.79 Å². The van der Waals surface area contributed by atoms with Crippen molar-refractivity contribution in [3.8, 4) is 16.9 Å². The molecule has 0 saturated carbocycles. The maximum atomic E-state index is 13.4. The van der Waals surface area contributed by atoms with Crippen LogP contribution >= 0.6 is 0 Å². The van der Waals surface area contributed by atoms with Gasteiger partial charge in [-0.25, -0.2) is 14.1 Å². The van der Waals surface area contributed by atoms with E-state index in [1.165, 1.54) is 12.1 Å². The van der Waals surface area contributed by atoms with E-state index in [1.54, 1.807) is 35.5 Å². The molecule has 0 fully saturated rings. The summed E-state index contributed by atoms with van der Waals surface area (Å²) in [6.45, 7) is 3.13. The number of nitrogens with one attached hydrogen (secondary N) is 1. The molecule has 5 aromatic rings. The molecule has 0 radical (unpaired) electrons. The molecule has 7 heteroatoms. The van der Waals surface area contributed by atoms with Crippen LogP contribution in [-0.4, -0.2) is 25.2 Å². The molecule has 1 amide bonds. The summed E-state index contributed by atoms with van der Waals surface area (Å²) in [6.07, 6.45) is 7.15. The van der Waals surface area contributed by atoms with Crippen LogP contribution in [0.1, 0.15) is 27.0 Å². The highest BCUT2D eigenvalue weighted by molar-refractivity contribution is 6.00. The van der Waals surface area contributed by atoms with Crippen molar-refractivity contribution in [1.82, 2.24) is 24.6 Å². The van der Waals surface area contributed by atoms with E-state index in [4.69, 9.17) is 0 Å². The summed E-state index contributed by atoms with van der Waals surface area (Å²) in [5.41, 5.74) is 5.77. The third-order valence-electron chi connectivity index (χ3n) is 5.74. The SMILES string of the molecule is Cc1cccc(-c2nn(-c3ccc(F)cc3)cc2C(=O)NCc2ccc(Cn3ccnc3)cc2)c1. The molecule has 1 N–H and O–H groups in total. The monoisotopic (exact) mass is 465 g/mol. The second-order valence-corrected chi connectivity index (χ2v) is 8.42. The van der Waals surface area contributed by atoms with Gasteiger partial charge in [0, 0.05) is 37.2 Å². The summed E-state index contributed by atoms with van der Waals surface area (Å²) < 4.78 is 17.0.